The molecule has 200 valence electrons. The maximum Gasteiger partial charge on any atom is 0.334 e. The minimum absolute atomic E-state index is 0.0664. The maximum absolute atomic E-state index is 13.2. The van der Waals surface area contributed by atoms with Crippen molar-refractivity contribution in [2.45, 2.75) is 114 Å². The van der Waals surface area contributed by atoms with E-state index in [0.29, 0.717) is 18.4 Å². The van der Waals surface area contributed by atoms with Gasteiger partial charge in [-0.3, -0.25) is 4.79 Å². The van der Waals surface area contributed by atoms with Crippen LogP contribution >= 0.6 is 0 Å². The molecule has 10 atom stereocenters. The Kier molecular flexibility index (Phi) is 5.43. The van der Waals surface area contributed by atoms with Crippen LogP contribution in [0, 0.1) is 22.7 Å². The Morgan fingerprint density at radius 2 is 1.69 bits per heavy atom. The van der Waals surface area contributed by atoms with E-state index < -0.39 is 63.2 Å². The number of aliphatic hydroxyl groups excluding tert-OH is 1. The first kappa shape index (κ1) is 26.0. The average molecular weight is 505 g/mol. The van der Waals surface area contributed by atoms with Crippen molar-refractivity contribution in [2.75, 3.05) is 0 Å². The van der Waals surface area contributed by atoms with Crippen LogP contribution in [0.1, 0.15) is 79.6 Å². The van der Waals surface area contributed by atoms with Crippen molar-refractivity contribution in [1.82, 2.24) is 0 Å². The number of hydrogen-bond donors (Lipinski definition) is 5. The minimum atomic E-state index is -1.86. The van der Waals surface area contributed by atoms with E-state index in [2.05, 4.69) is 0 Å². The van der Waals surface area contributed by atoms with Crippen molar-refractivity contribution in [3.63, 3.8) is 0 Å². The predicted molar refractivity (Wildman–Crippen MR) is 129 cm³/mol. The minimum Gasteiger partial charge on any atom is -0.455 e. The molecule has 0 aromatic carbocycles. The molecule has 0 aromatic heterocycles. The Morgan fingerprint density at radius 3 is 2.33 bits per heavy atom. The summed E-state index contributed by atoms with van der Waals surface area (Å²) in [7, 11) is 0. The second-order valence-corrected chi connectivity index (χ2v) is 12.9. The Balaban J connectivity index is 1.55. The summed E-state index contributed by atoms with van der Waals surface area (Å²) in [6, 6.07) is 0. The second-order valence-electron chi connectivity index (χ2n) is 12.9. The van der Waals surface area contributed by atoms with Crippen molar-refractivity contribution in [1.29, 1.82) is 0 Å². The number of esters is 1. The van der Waals surface area contributed by atoms with Crippen LogP contribution in [0.3, 0.4) is 0 Å². The SMILES string of the molecule is CC1=C(C)C(=O)O[C@@H]([C@](C)(O)[C@]2(O)CC[C@@]3(O)[C@@H]4C[C@H](O)[C@]5(O)CC=CC(=O)[C@]5(C)[C@H]4CC[C@]23C)C1. The van der Waals surface area contributed by atoms with Gasteiger partial charge in [0.1, 0.15) is 22.9 Å². The summed E-state index contributed by atoms with van der Waals surface area (Å²) in [6.45, 7) is 8.42. The second kappa shape index (κ2) is 7.50. The molecule has 5 rings (SSSR count). The van der Waals surface area contributed by atoms with Crippen LogP contribution in [0.25, 0.3) is 0 Å². The molecule has 0 saturated heterocycles. The van der Waals surface area contributed by atoms with E-state index in [1.54, 1.807) is 26.8 Å². The summed E-state index contributed by atoms with van der Waals surface area (Å²) < 4.78 is 5.59. The molecule has 0 aromatic rings. The number of carbonyl (C=O) groups is 2. The fourth-order valence-electron chi connectivity index (χ4n) is 8.95. The van der Waals surface area contributed by atoms with E-state index in [1.807, 2.05) is 6.92 Å². The highest BCUT2D eigenvalue weighted by molar-refractivity contribution is 5.97. The maximum atomic E-state index is 13.2. The van der Waals surface area contributed by atoms with Gasteiger partial charge in [-0.2, -0.15) is 0 Å². The molecule has 5 N–H and O–H groups in total. The van der Waals surface area contributed by atoms with Crippen LogP contribution in [-0.4, -0.2) is 71.9 Å². The van der Waals surface area contributed by atoms with Gasteiger partial charge in [0.2, 0.25) is 0 Å². The lowest BCUT2D eigenvalue weighted by Gasteiger charge is -2.66. The van der Waals surface area contributed by atoms with Crippen LogP contribution in [0.4, 0.5) is 0 Å². The van der Waals surface area contributed by atoms with Gasteiger partial charge in [0, 0.05) is 17.4 Å². The first-order valence-electron chi connectivity index (χ1n) is 13.2. The Labute approximate surface area is 212 Å². The van der Waals surface area contributed by atoms with Crippen LogP contribution in [0.2, 0.25) is 0 Å². The number of allylic oxidation sites excluding steroid dienone is 1. The molecule has 0 spiro atoms. The van der Waals surface area contributed by atoms with Crippen molar-refractivity contribution in [2.24, 2.45) is 22.7 Å². The van der Waals surface area contributed by atoms with E-state index in [9.17, 15) is 35.1 Å². The van der Waals surface area contributed by atoms with Gasteiger partial charge >= 0.3 is 5.97 Å². The molecule has 0 bridgehead atoms. The molecule has 4 aliphatic carbocycles. The van der Waals surface area contributed by atoms with E-state index in [-0.39, 0.29) is 37.9 Å². The van der Waals surface area contributed by atoms with Gasteiger partial charge in [0.15, 0.2) is 5.78 Å². The lowest BCUT2D eigenvalue weighted by atomic mass is 9.41. The smallest absolute Gasteiger partial charge is 0.334 e. The van der Waals surface area contributed by atoms with Crippen LogP contribution < -0.4 is 0 Å². The molecular weight excluding hydrogens is 464 g/mol. The number of fused-ring (bicyclic) bond motifs is 5. The highest BCUT2D eigenvalue weighted by atomic mass is 16.6. The fourth-order valence-corrected chi connectivity index (χ4v) is 8.95. The number of aliphatic hydroxyl groups is 5. The third-order valence-corrected chi connectivity index (χ3v) is 11.8. The normalized spacial score (nSPS) is 52.3. The van der Waals surface area contributed by atoms with Gasteiger partial charge < -0.3 is 30.3 Å². The Morgan fingerprint density at radius 1 is 1.03 bits per heavy atom. The fraction of sp³-hybridized carbons (Fsp3) is 0.786. The number of ether oxygens (including phenoxy) is 1. The summed E-state index contributed by atoms with van der Waals surface area (Å²) in [5.74, 6) is -1.77. The number of rotatable bonds is 2. The number of hydrogen-bond acceptors (Lipinski definition) is 8. The van der Waals surface area contributed by atoms with E-state index in [1.165, 1.54) is 13.0 Å². The summed E-state index contributed by atoms with van der Waals surface area (Å²) in [4.78, 5) is 25.7. The monoisotopic (exact) mass is 504 g/mol. The first-order valence-corrected chi connectivity index (χ1v) is 13.2. The van der Waals surface area contributed by atoms with Gasteiger partial charge in [0.05, 0.1) is 17.1 Å². The summed E-state index contributed by atoms with van der Waals surface area (Å²) in [6.07, 6.45) is 2.31. The highest BCUT2D eigenvalue weighted by Crippen LogP contribution is 2.71. The van der Waals surface area contributed by atoms with Crippen molar-refractivity contribution >= 4 is 11.8 Å². The predicted octanol–water partition coefficient (Wildman–Crippen LogP) is 1.71. The molecule has 8 heteroatoms. The van der Waals surface area contributed by atoms with Gasteiger partial charge in [-0.25, -0.2) is 4.79 Å². The topological polar surface area (TPSA) is 145 Å². The van der Waals surface area contributed by atoms with Gasteiger partial charge in [-0.1, -0.05) is 18.6 Å². The molecule has 1 heterocycles. The van der Waals surface area contributed by atoms with E-state index in [4.69, 9.17) is 4.74 Å². The zero-order valence-electron chi connectivity index (χ0n) is 21.9. The Bertz CT molecular complexity index is 1080. The summed E-state index contributed by atoms with van der Waals surface area (Å²) >= 11 is 0. The molecular formula is C28H40O8. The molecule has 0 radical (unpaired) electrons. The zero-order valence-corrected chi connectivity index (χ0v) is 21.9. The standard InChI is InChI=1S/C28H40O8/c1-15-13-21(36-22(31)16(15)2)25(5,32)28(35)12-11-26(33)18-14-20(30)27(34)9-6-7-19(29)24(27,4)17(18)8-10-23(26,28)3/h6-7,17-18,20-21,30,32-35H,8-14H2,1-5H3/t17-,18+,20-,21+,23-,24-,25-,26+,27+,28-/m0/s1. The van der Waals surface area contributed by atoms with E-state index >= 15 is 0 Å². The molecule has 0 amide bonds. The van der Waals surface area contributed by atoms with Gasteiger partial charge in [0.25, 0.3) is 0 Å². The van der Waals surface area contributed by atoms with Crippen molar-refractivity contribution < 1.29 is 39.9 Å². The molecule has 3 saturated carbocycles. The Hall–Kier alpha value is -1.58. The average Bonchev–Trinajstić information content (AvgIpc) is 3.03. The third kappa shape index (κ3) is 2.72. The third-order valence-electron chi connectivity index (χ3n) is 11.8. The molecule has 3 fully saturated rings. The highest BCUT2D eigenvalue weighted by Gasteiger charge is 2.78. The van der Waals surface area contributed by atoms with Gasteiger partial charge in [-0.05, 0) is 84.1 Å². The molecule has 36 heavy (non-hydrogen) atoms. The summed E-state index contributed by atoms with van der Waals surface area (Å²) in [5, 5.41) is 59.3. The van der Waals surface area contributed by atoms with Gasteiger partial charge in [-0.15, -0.1) is 0 Å². The molecule has 1 aliphatic heterocycles. The number of cyclic esters (lactones) is 1. The van der Waals surface area contributed by atoms with Crippen LogP contribution in [0.15, 0.2) is 23.3 Å². The largest absolute Gasteiger partial charge is 0.455 e. The quantitative estimate of drug-likeness (QED) is 0.358. The summed E-state index contributed by atoms with van der Waals surface area (Å²) in [5.41, 5.74) is -8.00. The lowest BCUT2D eigenvalue weighted by Crippen LogP contribution is -2.75. The van der Waals surface area contributed by atoms with Crippen molar-refractivity contribution in [3.8, 4) is 0 Å². The lowest BCUT2D eigenvalue weighted by molar-refractivity contribution is -0.301. The van der Waals surface area contributed by atoms with E-state index in [0.717, 1.165) is 5.57 Å². The van der Waals surface area contributed by atoms with Crippen LogP contribution in [-0.2, 0) is 14.3 Å². The van der Waals surface area contributed by atoms with Crippen LogP contribution in [0.5, 0.6) is 0 Å². The number of carbonyl (C=O) groups excluding carboxylic acids is 2. The molecule has 5 aliphatic rings. The molecule has 0 unspecified atom stereocenters. The first-order chi connectivity index (χ1) is 16.5. The van der Waals surface area contributed by atoms with Crippen molar-refractivity contribution in [3.05, 3.63) is 23.3 Å². The number of ketones is 1. The zero-order chi connectivity index (χ0) is 26.7. The molecule has 8 nitrogen and oxygen atoms in total.